The predicted molar refractivity (Wildman–Crippen MR) is 144 cm³/mol. The third-order valence-corrected chi connectivity index (χ3v) is 6.13. The third kappa shape index (κ3) is 13.7. The lowest BCUT2D eigenvalue weighted by Crippen LogP contribution is -1.93. The lowest BCUT2D eigenvalue weighted by atomic mass is 10.00. The third-order valence-electron chi connectivity index (χ3n) is 6.13. The number of hydrogen-bond donors (Lipinski definition) is 1. The Kier molecular flexibility index (Phi) is 15.0. The first-order valence-electron chi connectivity index (χ1n) is 13.3. The number of rotatable bonds is 17. The van der Waals surface area contributed by atoms with E-state index >= 15 is 0 Å². The molecule has 0 saturated heterocycles. The Balaban J connectivity index is 1.46. The maximum atomic E-state index is 10.5. The molecule has 2 heteroatoms. The summed E-state index contributed by atoms with van der Waals surface area (Å²) in [4.78, 5) is 10.5. The van der Waals surface area contributed by atoms with Gasteiger partial charge in [0.25, 0.3) is 0 Å². The number of allylic oxidation sites excluding steroid dienone is 2. The van der Waals surface area contributed by atoms with Gasteiger partial charge in [0.15, 0.2) is 0 Å². The van der Waals surface area contributed by atoms with Crippen LogP contribution in [0.4, 0.5) is 0 Å². The maximum absolute atomic E-state index is 10.5. The normalized spacial score (nSPS) is 10.8. The summed E-state index contributed by atoms with van der Waals surface area (Å²) in [6.45, 7) is 0. The average molecular weight is 459 g/mol. The van der Waals surface area contributed by atoms with Crippen molar-refractivity contribution in [3.8, 4) is 11.8 Å². The first-order valence-corrected chi connectivity index (χ1v) is 13.3. The number of carboxylic acids is 1. The molecular formula is C32H42O2. The van der Waals surface area contributed by atoms with Crippen LogP contribution in [0, 0.1) is 11.8 Å². The van der Waals surface area contributed by atoms with E-state index in [4.69, 9.17) is 5.11 Å². The summed E-state index contributed by atoms with van der Waals surface area (Å²) >= 11 is 0. The molecule has 0 fully saturated rings. The number of benzene rings is 2. The van der Waals surface area contributed by atoms with E-state index in [1.807, 2.05) is 18.2 Å². The standard InChI is InChI=1S/C32H42O2/c33-32(34)26-18-13-11-9-7-5-3-1-2-4-6-8-10-12-17-23-30-24-19-20-25-31(30)28-27-29-21-15-14-16-22-29/h1,3,14-16,19-22,24-25H,2,4-13,17-18,23,26H2,(H,33,34)/b3-1-. The van der Waals surface area contributed by atoms with Crippen molar-refractivity contribution in [1.29, 1.82) is 0 Å². The fourth-order valence-corrected chi connectivity index (χ4v) is 4.11. The molecule has 0 spiro atoms. The Morgan fingerprint density at radius 2 is 1.21 bits per heavy atom. The van der Waals surface area contributed by atoms with E-state index in [-0.39, 0.29) is 0 Å². The Labute approximate surface area is 207 Å². The molecule has 0 saturated carbocycles. The van der Waals surface area contributed by atoms with E-state index in [0.717, 1.165) is 43.2 Å². The fourth-order valence-electron chi connectivity index (χ4n) is 4.11. The smallest absolute Gasteiger partial charge is 0.303 e. The number of aryl methyl sites for hydroxylation is 1. The van der Waals surface area contributed by atoms with Crippen LogP contribution in [-0.4, -0.2) is 11.1 Å². The highest BCUT2D eigenvalue weighted by molar-refractivity contribution is 5.66. The van der Waals surface area contributed by atoms with Gasteiger partial charge in [-0.3, -0.25) is 4.79 Å². The van der Waals surface area contributed by atoms with Crippen molar-refractivity contribution in [1.82, 2.24) is 0 Å². The molecule has 2 aromatic rings. The van der Waals surface area contributed by atoms with Crippen molar-refractivity contribution in [2.45, 2.75) is 96.3 Å². The second-order valence-corrected chi connectivity index (χ2v) is 9.10. The second kappa shape index (κ2) is 18.6. The topological polar surface area (TPSA) is 37.3 Å². The highest BCUT2D eigenvalue weighted by Gasteiger charge is 2.00. The summed E-state index contributed by atoms with van der Waals surface area (Å²) in [5.74, 6) is 5.98. The summed E-state index contributed by atoms with van der Waals surface area (Å²) in [5.41, 5.74) is 3.60. The minimum Gasteiger partial charge on any atom is -0.481 e. The zero-order valence-corrected chi connectivity index (χ0v) is 20.8. The van der Waals surface area contributed by atoms with Gasteiger partial charge >= 0.3 is 5.97 Å². The number of unbranched alkanes of at least 4 members (excludes halogenated alkanes) is 11. The van der Waals surface area contributed by atoms with E-state index in [1.54, 1.807) is 0 Å². The van der Waals surface area contributed by atoms with Gasteiger partial charge in [-0.25, -0.2) is 0 Å². The summed E-state index contributed by atoms with van der Waals surface area (Å²) in [7, 11) is 0. The minimum atomic E-state index is -0.672. The number of carbonyl (C=O) groups is 1. The molecule has 0 aliphatic rings. The SMILES string of the molecule is O=C(O)CCCCCCC/C=C\CCCCCCCCc1ccccc1C#Cc1ccccc1. The zero-order valence-electron chi connectivity index (χ0n) is 20.8. The number of aliphatic carboxylic acids is 1. The van der Waals surface area contributed by atoms with Crippen molar-refractivity contribution in [3.63, 3.8) is 0 Å². The van der Waals surface area contributed by atoms with Crippen molar-refractivity contribution in [3.05, 3.63) is 83.4 Å². The van der Waals surface area contributed by atoms with Crippen LogP contribution in [0.5, 0.6) is 0 Å². The summed E-state index contributed by atoms with van der Waals surface area (Å²) < 4.78 is 0. The molecule has 1 N–H and O–H groups in total. The molecule has 182 valence electrons. The molecule has 2 aromatic carbocycles. The lowest BCUT2D eigenvalue weighted by molar-refractivity contribution is -0.137. The summed E-state index contributed by atoms with van der Waals surface area (Å²) in [6, 6.07) is 18.8. The van der Waals surface area contributed by atoms with Crippen molar-refractivity contribution < 1.29 is 9.90 Å². The Morgan fingerprint density at radius 1 is 0.647 bits per heavy atom. The molecule has 2 rings (SSSR count). The quantitative estimate of drug-likeness (QED) is 0.146. The largest absolute Gasteiger partial charge is 0.481 e. The van der Waals surface area contributed by atoms with Crippen LogP contribution in [0.15, 0.2) is 66.7 Å². The van der Waals surface area contributed by atoms with E-state index in [2.05, 4.69) is 60.4 Å². The first-order chi connectivity index (χ1) is 16.8. The zero-order chi connectivity index (χ0) is 24.1. The molecule has 0 atom stereocenters. The van der Waals surface area contributed by atoms with Crippen LogP contribution >= 0.6 is 0 Å². The minimum absolute atomic E-state index is 0.318. The Hall–Kier alpha value is -2.79. The number of hydrogen-bond acceptors (Lipinski definition) is 1. The van der Waals surface area contributed by atoms with Crippen molar-refractivity contribution in [2.24, 2.45) is 0 Å². The van der Waals surface area contributed by atoms with Crippen LogP contribution in [0.25, 0.3) is 0 Å². The van der Waals surface area contributed by atoms with Crippen LogP contribution in [0.1, 0.15) is 107 Å². The van der Waals surface area contributed by atoms with Gasteiger partial charge < -0.3 is 5.11 Å². The first kappa shape index (κ1) is 27.5. The van der Waals surface area contributed by atoms with Gasteiger partial charge in [-0.1, -0.05) is 105 Å². The lowest BCUT2D eigenvalue weighted by Gasteiger charge is -2.05. The highest BCUT2D eigenvalue weighted by Crippen LogP contribution is 2.14. The predicted octanol–water partition coefficient (Wildman–Crippen LogP) is 8.73. The van der Waals surface area contributed by atoms with Gasteiger partial charge in [-0.05, 0) is 68.7 Å². The molecule has 34 heavy (non-hydrogen) atoms. The molecule has 0 heterocycles. The molecule has 0 amide bonds. The molecular weight excluding hydrogens is 416 g/mol. The van der Waals surface area contributed by atoms with Gasteiger partial charge in [0.05, 0.1) is 0 Å². The number of carboxylic acid groups (broad SMARTS) is 1. The molecule has 0 aliphatic heterocycles. The van der Waals surface area contributed by atoms with Crippen LogP contribution in [0.3, 0.4) is 0 Å². The molecule has 0 aromatic heterocycles. The van der Waals surface area contributed by atoms with E-state index in [0.29, 0.717) is 6.42 Å². The van der Waals surface area contributed by atoms with Gasteiger partial charge in [0, 0.05) is 17.5 Å². The highest BCUT2D eigenvalue weighted by atomic mass is 16.4. The van der Waals surface area contributed by atoms with Crippen molar-refractivity contribution in [2.75, 3.05) is 0 Å². The molecule has 2 nitrogen and oxygen atoms in total. The average Bonchev–Trinajstić information content (AvgIpc) is 2.85. The van der Waals surface area contributed by atoms with Crippen LogP contribution in [-0.2, 0) is 11.2 Å². The fraction of sp³-hybridized carbons (Fsp3) is 0.469. The van der Waals surface area contributed by atoms with Crippen LogP contribution < -0.4 is 0 Å². The molecule has 0 aliphatic carbocycles. The summed E-state index contributed by atoms with van der Waals surface area (Å²) in [6.07, 6.45) is 21.7. The van der Waals surface area contributed by atoms with Gasteiger partial charge in [-0.15, -0.1) is 0 Å². The van der Waals surface area contributed by atoms with E-state index in [9.17, 15) is 4.79 Å². The molecule has 0 unspecified atom stereocenters. The van der Waals surface area contributed by atoms with Crippen LogP contribution in [0.2, 0.25) is 0 Å². The van der Waals surface area contributed by atoms with E-state index < -0.39 is 5.97 Å². The van der Waals surface area contributed by atoms with Gasteiger partial charge in [-0.2, -0.15) is 0 Å². The van der Waals surface area contributed by atoms with Gasteiger partial charge in [0.1, 0.15) is 0 Å². The van der Waals surface area contributed by atoms with Crippen molar-refractivity contribution >= 4 is 5.97 Å². The maximum Gasteiger partial charge on any atom is 0.303 e. The Bertz CT molecular complexity index is 886. The Morgan fingerprint density at radius 3 is 1.88 bits per heavy atom. The molecule has 0 radical (unpaired) electrons. The van der Waals surface area contributed by atoms with E-state index in [1.165, 1.54) is 63.4 Å². The summed E-state index contributed by atoms with van der Waals surface area (Å²) in [5, 5.41) is 8.61. The van der Waals surface area contributed by atoms with Gasteiger partial charge in [0.2, 0.25) is 0 Å². The molecule has 0 bridgehead atoms. The monoisotopic (exact) mass is 458 g/mol. The second-order valence-electron chi connectivity index (χ2n) is 9.10.